The van der Waals surface area contributed by atoms with Gasteiger partial charge in [0.2, 0.25) is 11.8 Å². The Morgan fingerprint density at radius 1 is 1.23 bits per heavy atom. The van der Waals surface area contributed by atoms with E-state index >= 15 is 0 Å². The van der Waals surface area contributed by atoms with Crippen LogP contribution in [0.1, 0.15) is 33.3 Å². The Balaban J connectivity index is 2.79. The van der Waals surface area contributed by atoms with Crippen LogP contribution in [0.3, 0.4) is 0 Å². The van der Waals surface area contributed by atoms with Gasteiger partial charge in [-0.05, 0) is 52.9 Å². The molecule has 0 saturated heterocycles. The quantitative estimate of drug-likeness (QED) is 0.804. The molecule has 146 valence electrons. The van der Waals surface area contributed by atoms with Crippen LogP contribution in [0.25, 0.3) is 0 Å². The summed E-state index contributed by atoms with van der Waals surface area (Å²) in [5, 5.41) is 5.14. The van der Waals surface area contributed by atoms with E-state index in [4.69, 9.17) is 11.6 Å². The number of halogens is 4. The summed E-state index contributed by atoms with van der Waals surface area (Å²) in [7, 11) is 1.57. The molecule has 2 amide bonds. The highest BCUT2D eigenvalue weighted by Gasteiger charge is 2.31. The van der Waals surface area contributed by atoms with Gasteiger partial charge in [-0.3, -0.25) is 14.5 Å². The summed E-state index contributed by atoms with van der Waals surface area (Å²) >= 11 is 5.87. The maximum Gasteiger partial charge on any atom is 0.416 e. The second-order valence-electron chi connectivity index (χ2n) is 7.07. The summed E-state index contributed by atoms with van der Waals surface area (Å²) in [6.07, 6.45) is -4.54. The van der Waals surface area contributed by atoms with Crippen LogP contribution in [0.5, 0.6) is 0 Å². The van der Waals surface area contributed by atoms with E-state index in [1.54, 1.807) is 14.0 Å². The highest BCUT2D eigenvalue weighted by Crippen LogP contribution is 2.33. The second-order valence-corrected chi connectivity index (χ2v) is 7.48. The van der Waals surface area contributed by atoms with E-state index in [2.05, 4.69) is 10.6 Å². The van der Waals surface area contributed by atoms with E-state index in [1.165, 1.54) is 4.90 Å². The average Bonchev–Trinajstić information content (AvgIpc) is 2.45. The highest BCUT2D eigenvalue weighted by molar-refractivity contribution is 6.33. The predicted molar refractivity (Wildman–Crippen MR) is 95.1 cm³/mol. The van der Waals surface area contributed by atoms with Gasteiger partial charge in [0.1, 0.15) is 0 Å². The van der Waals surface area contributed by atoms with Gasteiger partial charge in [-0.15, -0.1) is 0 Å². The number of carbonyl (C=O) groups is 2. The van der Waals surface area contributed by atoms with Crippen LogP contribution in [-0.2, 0) is 15.8 Å². The molecule has 0 heterocycles. The molecule has 0 saturated carbocycles. The third kappa shape index (κ3) is 6.84. The summed E-state index contributed by atoms with van der Waals surface area (Å²) in [5.41, 5.74) is -1.46. The zero-order chi connectivity index (χ0) is 20.3. The number of carbonyl (C=O) groups excluding carboxylic acids is 2. The van der Waals surface area contributed by atoms with Crippen molar-refractivity contribution >= 4 is 29.1 Å². The average molecular weight is 394 g/mol. The van der Waals surface area contributed by atoms with Gasteiger partial charge in [-0.1, -0.05) is 11.6 Å². The van der Waals surface area contributed by atoms with Gasteiger partial charge in [0.15, 0.2) is 0 Å². The molecule has 26 heavy (non-hydrogen) atoms. The number of benzene rings is 1. The van der Waals surface area contributed by atoms with Crippen LogP contribution in [-0.4, -0.2) is 41.9 Å². The normalized spacial score (nSPS) is 13.5. The predicted octanol–water partition coefficient (Wildman–Crippen LogP) is 3.53. The SMILES string of the molecule is C[C@H](C(=O)Nc1cc(C(F)(F)F)ccc1Cl)N(C)CC(=O)NC(C)(C)C. The number of nitrogens with zero attached hydrogens (tertiary/aromatic N) is 1. The Labute approximate surface area is 155 Å². The molecule has 1 aromatic rings. The van der Waals surface area contributed by atoms with Crippen molar-refractivity contribution in [1.82, 2.24) is 10.2 Å². The minimum absolute atomic E-state index is 0.00770. The topological polar surface area (TPSA) is 61.4 Å². The summed E-state index contributed by atoms with van der Waals surface area (Å²) in [6.45, 7) is 6.99. The minimum Gasteiger partial charge on any atom is -0.350 e. The molecule has 5 nitrogen and oxygen atoms in total. The van der Waals surface area contributed by atoms with Crippen LogP contribution >= 0.6 is 11.6 Å². The molecular weight excluding hydrogens is 371 g/mol. The van der Waals surface area contributed by atoms with Crippen LogP contribution in [0.2, 0.25) is 5.02 Å². The maximum absolute atomic E-state index is 12.8. The molecule has 1 aromatic carbocycles. The van der Waals surface area contributed by atoms with Gasteiger partial charge in [0.05, 0.1) is 28.9 Å². The number of anilines is 1. The van der Waals surface area contributed by atoms with E-state index < -0.39 is 29.2 Å². The van der Waals surface area contributed by atoms with Crippen LogP contribution in [0.15, 0.2) is 18.2 Å². The number of hydrogen-bond donors (Lipinski definition) is 2. The molecule has 0 radical (unpaired) electrons. The zero-order valence-electron chi connectivity index (χ0n) is 15.3. The number of alkyl halides is 3. The summed E-state index contributed by atoms with van der Waals surface area (Å²) < 4.78 is 38.4. The van der Waals surface area contributed by atoms with Crippen molar-refractivity contribution in [2.45, 2.75) is 45.5 Å². The Kier molecular flexibility index (Phi) is 7.07. The van der Waals surface area contributed by atoms with E-state index in [9.17, 15) is 22.8 Å². The Morgan fingerprint density at radius 2 is 1.81 bits per heavy atom. The molecule has 0 fully saturated rings. The fourth-order valence-corrected chi connectivity index (χ4v) is 2.22. The molecule has 0 bridgehead atoms. The van der Waals surface area contributed by atoms with Gasteiger partial charge in [-0.25, -0.2) is 0 Å². The van der Waals surface area contributed by atoms with E-state index in [0.29, 0.717) is 0 Å². The van der Waals surface area contributed by atoms with Crippen LogP contribution < -0.4 is 10.6 Å². The Bertz CT molecular complexity index is 672. The molecule has 9 heteroatoms. The van der Waals surface area contributed by atoms with Crippen molar-refractivity contribution in [1.29, 1.82) is 0 Å². The van der Waals surface area contributed by atoms with Crippen molar-refractivity contribution in [3.05, 3.63) is 28.8 Å². The third-order valence-corrected chi connectivity index (χ3v) is 3.83. The third-order valence-electron chi connectivity index (χ3n) is 3.50. The van der Waals surface area contributed by atoms with Gasteiger partial charge >= 0.3 is 6.18 Å². The molecule has 1 rings (SSSR count). The first-order chi connectivity index (χ1) is 11.7. The van der Waals surface area contributed by atoms with Crippen molar-refractivity contribution < 1.29 is 22.8 Å². The van der Waals surface area contributed by atoms with Crippen molar-refractivity contribution in [3.63, 3.8) is 0 Å². The molecule has 0 unspecified atom stereocenters. The minimum atomic E-state index is -4.54. The van der Waals surface area contributed by atoms with Gasteiger partial charge in [-0.2, -0.15) is 13.2 Å². The molecule has 0 aliphatic rings. The molecule has 0 aliphatic heterocycles. The van der Waals surface area contributed by atoms with Crippen molar-refractivity contribution in [3.8, 4) is 0 Å². The number of amides is 2. The van der Waals surface area contributed by atoms with Crippen molar-refractivity contribution in [2.75, 3.05) is 18.9 Å². The summed E-state index contributed by atoms with van der Waals surface area (Å²) in [5.74, 6) is -0.839. The molecule has 1 atom stereocenters. The Morgan fingerprint density at radius 3 is 2.31 bits per heavy atom. The lowest BCUT2D eigenvalue weighted by atomic mass is 10.1. The number of hydrogen-bond acceptors (Lipinski definition) is 3. The molecule has 0 spiro atoms. The Hall–Kier alpha value is -1.80. The van der Waals surface area contributed by atoms with Crippen LogP contribution in [0, 0.1) is 0 Å². The van der Waals surface area contributed by atoms with E-state index in [-0.39, 0.29) is 23.2 Å². The van der Waals surface area contributed by atoms with Crippen molar-refractivity contribution in [2.24, 2.45) is 0 Å². The number of nitrogens with one attached hydrogen (secondary N) is 2. The first-order valence-electron chi connectivity index (χ1n) is 7.89. The monoisotopic (exact) mass is 393 g/mol. The van der Waals surface area contributed by atoms with E-state index in [1.807, 2.05) is 20.8 Å². The fraction of sp³-hybridized carbons (Fsp3) is 0.529. The number of likely N-dealkylation sites (N-methyl/N-ethyl adjacent to an activating group) is 1. The molecule has 2 N–H and O–H groups in total. The standard InChI is InChI=1S/C17H23ClF3N3O2/c1-10(24(5)9-14(25)23-16(2,3)4)15(26)22-13-8-11(17(19,20)21)6-7-12(13)18/h6-8,10H,9H2,1-5H3,(H,22,26)(H,23,25)/t10-/m1/s1. The summed E-state index contributed by atoms with van der Waals surface area (Å²) in [6, 6.07) is 1.93. The molecular formula is C17H23ClF3N3O2. The zero-order valence-corrected chi connectivity index (χ0v) is 16.0. The van der Waals surface area contributed by atoms with Gasteiger partial charge < -0.3 is 10.6 Å². The fourth-order valence-electron chi connectivity index (χ4n) is 2.06. The lowest BCUT2D eigenvalue weighted by Gasteiger charge is -2.26. The molecule has 0 aliphatic carbocycles. The van der Waals surface area contributed by atoms with E-state index in [0.717, 1.165) is 18.2 Å². The first kappa shape index (κ1) is 22.2. The second kappa shape index (κ2) is 8.26. The number of rotatable bonds is 5. The summed E-state index contributed by atoms with van der Waals surface area (Å²) in [4.78, 5) is 25.7. The van der Waals surface area contributed by atoms with Gasteiger partial charge in [0.25, 0.3) is 0 Å². The largest absolute Gasteiger partial charge is 0.416 e. The lowest BCUT2D eigenvalue weighted by molar-refractivity contribution is -0.137. The molecule has 0 aromatic heterocycles. The van der Waals surface area contributed by atoms with Crippen LogP contribution in [0.4, 0.5) is 18.9 Å². The smallest absolute Gasteiger partial charge is 0.350 e. The lowest BCUT2D eigenvalue weighted by Crippen LogP contribution is -2.49. The first-order valence-corrected chi connectivity index (χ1v) is 8.27. The highest BCUT2D eigenvalue weighted by atomic mass is 35.5. The maximum atomic E-state index is 12.8. The van der Waals surface area contributed by atoms with Gasteiger partial charge in [0, 0.05) is 5.54 Å².